The first-order valence-corrected chi connectivity index (χ1v) is 11.4. The summed E-state index contributed by atoms with van der Waals surface area (Å²) in [5.74, 6) is 2.09. The van der Waals surface area contributed by atoms with Crippen LogP contribution in [0.5, 0.6) is 0 Å². The Morgan fingerprint density at radius 1 is 1.03 bits per heavy atom. The number of morpholine rings is 1. The maximum Gasteiger partial charge on any atom is 0.228 e. The zero-order valence-electron chi connectivity index (χ0n) is 19.4. The van der Waals surface area contributed by atoms with Crippen LogP contribution < -0.4 is 10.2 Å². The highest BCUT2D eigenvalue weighted by molar-refractivity contribution is 5.82. The second-order valence-electron chi connectivity index (χ2n) is 8.38. The van der Waals surface area contributed by atoms with Crippen molar-refractivity contribution in [3.05, 3.63) is 54.6 Å². The first-order valence-electron chi connectivity index (χ1n) is 11.4. The number of nitrogens with one attached hydrogen (secondary N) is 2. The van der Waals surface area contributed by atoms with Gasteiger partial charge in [0, 0.05) is 49.2 Å². The molecule has 1 fully saturated rings. The maximum absolute atomic E-state index is 5.52. The fourth-order valence-electron chi connectivity index (χ4n) is 4.20. The number of hydrogen-bond acceptors (Lipinski definition) is 9. The van der Waals surface area contributed by atoms with E-state index in [0.717, 1.165) is 58.1 Å². The molecule has 0 atom stereocenters. The van der Waals surface area contributed by atoms with Crippen molar-refractivity contribution in [2.24, 2.45) is 7.05 Å². The van der Waals surface area contributed by atoms with Crippen molar-refractivity contribution in [3.8, 4) is 22.6 Å². The fourth-order valence-corrected chi connectivity index (χ4v) is 4.20. The van der Waals surface area contributed by atoms with Gasteiger partial charge in [0.25, 0.3) is 0 Å². The van der Waals surface area contributed by atoms with E-state index in [1.54, 1.807) is 6.33 Å². The van der Waals surface area contributed by atoms with Gasteiger partial charge in [0.15, 0.2) is 5.82 Å². The molecule has 1 aliphatic rings. The van der Waals surface area contributed by atoms with E-state index in [0.29, 0.717) is 25.0 Å². The topological polar surface area (TPSA) is 123 Å². The van der Waals surface area contributed by atoms with Crippen LogP contribution in [0.3, 0.4) is 0 Å². The quantitative estimate of drug-likeness (QED) is 0.400. The van der Waals surface area contributed by atoms with Crippen molar-refractivity contribution >= 4 is 28.5 Å². The second kappa shape index (κ2) is 8.76. The van der Waals surface area contributed by atoms with Crippen LogP contribution in [0.2, 0.25) is 0 Å². The molecular weight excluding hydrogens is 444 g/mol. The molecule has 4 aromatic heterocycles. The minimum atomic E-state index is 0.654. The number of fused-ring (bicyclic) bond motifs is 1. The number of anilines is 3. The molecule has 6 rings (SSSR count). The summed E-state index contributed by atoms with van der Waals surface area (Å²) in [7, 11) is 1.93. The molecule has 0 bridgehead atoms. The minimum Gasteiger partial charge on any atom is -0.378 e. The van der Waals surface area contributed by atoms with Crippen LogP contribution in [0.15, 0.2) is 48.9 Å². The van der Waals surface area contributed by atoms with Crippen molar-refractivity contribution in [2.45, 2.75) is 6.92 Å². The Morgan fingerprint density at radius 3 is 2.63 bits per heavy atom. The smallest absolute Gasteiger partial charge is 0.228 e. The molecule has 1 saturated heterocycles. The molecule has 11 nitrogen and oxygen atoms in total. The highest BCUT2D eigenvalue weighted by Gasteiger charge is 2.18. The molecule has 176 valence electrons. The molecule has 35 heavy (non-hydrogen) atoms. The third kappa shape index (κ3) is 4.17. The molecular formula is C24H24N10O. The van der Waals surface area contributed by atoms with E-state index >= 15 is 0 Å². The Bertz CT molecular complexity index is 1470. The highest BCUT2D eigenvalue weighted by atomic mass is 16.5. The number of hydrogen-bond donors (Lipinski definition) is 2. The van der Waals surface area contributed by atoms with E-state index in [9.17, 15) is 0 Å². The average molecular weight is 469 g/mol. The lowest BCUT2D eigenvalue weighted by molar-refractivity contribution is 0.122. The number of aromatic amines is 1. The SMILES string of the molecule is Cc1nn(C)c2cc(-c3cc(Nc4ccc(-c5nnc[nH]5)cc4)nc(N4CCOCC4)n3)cnc12. The van der Waals surface area contributed by atoms with Crippen LogP contribution in [0.25, 0.3) is 33.7 Å². The van der Waals surface area contributed by atoms with Gasteiger partial charge in [0.1, 0.15) is 17.7 Å². The molecule has 0 amide bonds. The largest absolute Gasteiger partial charge is 0.378 e. The van der Waals surface area contributed by atoms with E-state index < -0.39 is 0 Å². The van der Waals surface area contributed by atoms with Crippen LogP contribution in [0.4, 0.5) is 17.5 Å². The first kappa shape index (κ1) is 21.2. The van der Waals surface area contributed by atoms with E-state index in [1.165, 1.54) is 0 Å². The predicted octanol–water partition coefficient (Wildman–Crippen LogP) is 3.10. The Morgan fingerprint density at radius 2 is 1.86 bits per heavy atom. The fraction of sp³-hybridized carbons (Fsp3) is 0.250. The standard InChI is InChI=1S/C24H24N10O/c1-15-22-20(33(2)32-15)11-17(13-25-22)19-12-21(30-24(29-19)34-7-9-35-10-8-34)28-18-5-3-16(4-6-18)23-26-14-27-31-23/h3-6,11-14H,7-10H2,1-2H3,(H,26,27,31)(H,28,29,30). The number of aryl methyl sites for hydroxylation is 2. The van der Waals surface area contributed by atoms with E-state index in [-0.39, 0.29) is 0 Å². The van der Waals surface area contributed by atoms with Gasteiger partial charge in [0.05, 0.1) is 30.1 Å². The van der Waals surface area contributed by atoms with Gasteiger partial charge in [-0.3, -0.25) is 9.67 Å². The number of nitrogens with zero attached hydrogens (tertiary/aromatic N) is 8. The summed E-state index contributed by atoms with van der Waals surface area (Å²) in [5.41, 5.74) is 6.31. The zero-order chi connectivity index (χ0) is 23.8. The van der Waals surface area contributed by atoms with Crippen molar-refractivity contribution in [1.82, 2.24) is 39.9 Å². The number of H-pyrrole nitrogens is 1. The van der Waals surface area contributed by atoms with Crippen LogP contribution in [0.1, 0.15) is 5.69 Å². The molecule has 1 aliphatic heterocycles. The molecule has 0 spiro atoms. The molecule has 0 radical (unpaired) electrons. The van der Waals surface area contributed by atoms with Crippen molar-refractivity contribution < 1.29 is 4.74 Å². The number of pyridine rings is 1. The summed E-state index contributed by atoms with van der Waals surface area (Å²) in [6, 6.07) is 12.0. The molecule has 0 saturated carbocycles. The Hall–Kier alpha value is -4.38. The summed E-state index contributed by atoms with van der Waals surface area (Å²) in [4.78, 5) is 19.5. The van der Waals surface area contributed by atoms with Crippen LogP contribution >= 0.6 is 0 Å². The molecule has 11 heteroatoms. The minimum absolute atomic E-state index is 0.654. The van der Waals surface area contributed by atoms with E-state index in [2.05, 4.69) is 41.5 Å². The van der Waals surface area contributed by atoms with Gasteiger partial charge in [-0.15, -0.1) is 10.2 Å². The third-order valence-electron chi connectivity index (χ3n) is 6.01. The molecule has 2 N–H and O–H groups in total. The van der Waals surface area contributed by atoms with Crippen LogP contribution in [0, 0.1) is 6.92 Å². The monoisotopic (exact) mass is 468 g/mol. The summed E-state index contributed by atoms with van der Waals surface area (Å²) in [6.45, 7) is 4.76. The van der Waals surface area contributed by atoms with E-state index in [4.69, 9.17) is 14.7 Å². The van der Waals surface area contributed by atoms with E-state index in [1.807, 2.05) is 55.2 Å². The van der Waals surface area contributed by atoms with Gasteiger partial charge >= 0.3 is 0 Å². The molecule has 0 aliphatic carbocycles. The lowest BCUT2D eigenvalue weighted by Gasteiger charge is -2.27. The normalized spacial score (nSPS) is 13.9. The molecule has 5 aromatic rings. The van der Waals surface area contributed by atoms with Gasteiger partial charge in [-0.25, -0.2) is 4.98 Å². The summed E-state index contributed by atoms with van der Waals surface area (Å²) in [5, 5.41) is 15.8. The number of rotatable bonds is 5. The van der Waals surface area contributed by atoms with Crippen molar-refractivity contribution in [2.75, 3.05) is 36.5 Å². The predicted molar refractivity (Wildman–Crippen MR) is 132 cm³/mol. The molecule has 1 aromatic carbocycles. The Kier molecular flexibility index (Phi) is 5.30. The first-order chi connectivity index (χ1) is 17.1. The lowest BCUT2D eigenvalue weighted by Crippen LogP contribution is -2.37. The van der Waals surface area contributed by atoms with Gasteiger partial charge < -0.3 is 19.9 Å². The second-order valence-corrected chi connectivity index (χ2v) is 8.38. The molecule has 5 heterocycles. The number of ether oxygens (including phenoxy) is 1. The summed E-state index contributed by atoms with van der Waals surface area (Å²) < 4.78 is 7.37. The highest BCUT2D eigenvalue weighted by Crippen LogP contribution is 2.28. The summed E-state index contributed by atoms with van der Waals surface area (Å²) >= 11 is 0. The van der Waals surface area contributed by atoms with Gasteiger partial charge in [-0.2, -0.15) is 10.1 Å². The Balaban J connectivity index is 1.37. The maximum atomic E-state index is 5.52. The third-order valence-corrected chi connectivity index (χ3v) is 6.01. The number of benzene rings is 1. The van der Waals surface area contributed by atoms with Crippen LogP contribution in [-0.2, 0) is 11.8 Å². The Labute approximate surface area is 201 Å². The van der Waals surface area contributed by atoms with Crippen molar-refractivity contribution in [1.29, 1.82) is 0 Å². The lowest BCUT2D eigenvalue weighted by atomic mass is 10.1. The van der Waals surface area contributed by atoms with Gasteiger partial charge in [-0.05, 0) is 37.3 Å². The number of aromatic nitrogens is 8. The average Bonchev–Trinajstić information content (AvgIpc) is 3.53. The van der Waals surface area contributed by atoms with Crippen molar-refractivity contribution in [3.63, 3.8) is 0 Å². The van der Waals surface area contributed by atoms with Gasteiger partial charge in [-0.1, -0.05) is 0 Å². The van der Waals surface area contributed by atoms with Crippen LogP contribution in [-0.4, -0.2) is 66.2 Å². The zero-order valence-corrected chi connectivity index (χ0v) is 19.4. The van der Waals surface area contributed by atoms with Gasteiger partial charge in [0.2, 0.25) is 5.95 Å². The molecule has 0 unspecified atom stereocenters. The summed E-state index contributed by atoms with van der Waals surface area (Å²) in [6.07, 6.45) is 3.41.